The third kappa shape index (κ3) is 5.68. The fourth-order valence-electron chi connectivity index (χ4n) is 1.10. The van der Waals surface area contributed by atoms with Crippen LogP contribution >= 0.6 is 12.2 Å². The van der Waals surface area contributed by atoms with Gasteiger partial charge in [0.25, 0.3) is 0 Å². The van der Waals surface area contributed by atoms with Crippen LogP contribution < -0.4 is 0 Å². The molecule has 0 aromatic rings. The van der Waals surface area contributed by atoms with E-state index in [9.17, 15) is 0 Å². The summed E-state index contributed by atoms with van der Waals surface area (Å²) in [5, 5.41) is 0.660. The van der Waals surface area contributed by atoms with Crippen molar-refractivity contribution in [3.8, 4) is 0 Å². The third-order valence-electron chi connectivity index (χ3n) is 1.35. The van der Waals surface area contributed by atoms with Gasteiger partial charge in [-0.3, -0.25) is 0 Å². The molecule has 0 amide bonds. The van der Waals surface area contributed by atoms with Crippen molar-refractivity contribution in [2.24, 2.45) is 0 Å². The first-order chi connectivity index (χ1) is 5.37. The van der Waals surface area contributed by atoms with Crippen LogP contribution in [0.3, 0.4) is 0 Å². The predicted molar refractivity (Wildman–Crippen MR) is 58.1 cm³/mol. The van der Waals surface area contributed by atoms with E-state index >= 15 is 0 Å². The summed E-state index contributed by atoms with van der Waals surface area (Å²) in [6.45, 7) is 8.39. The van der Waals surface area contributed by atoms with Gasteiger partial charge in [0.05, 0.1) is 7.11 Å². The maximum atomic E-state index is 5.78. The molecule has 0 aromatic heterocycles. The van der Waals surface area contributed by atoms with E-state index in [0.29, 0.717) is 5.05 Å². The van der Waals surface area contributed by atoms with Gasteiger partial charge in [0.2, 0.25) is 0 Å². The fraction of sp³-hybridized carbons (Fsp3) is 0.875. The molecule has 0 rings (SSSR count). The summed E-state index contributed by atoms with van der Waals surface area (Å²) in [6, 6.07) is 0.803. The van der Waals surface area contributed by atoms with Crippen molar-refractivity contribution in [2.45, 2.75) is 39.1 Å². The molecule has 2 nitrogen and oxygen atoms in total. The molecule has 0 aliphatic heterocycles. The van der Waals surface area contributed by atoms with Crippen molar-refractivity contribution < 1.29 is 9.16 Å². The average molecular weight is 206 g/mol. The summed E-state index contributed by atoms with van der Waals surface area (Å²) < 4.78 is 10.7. The van der Waals surface area contributed by atoms with Gasteiger partial charge in [-0.05, 0) is 39.2 Å². The van der Waals surface area contributed by atoms with Gasteiger partial charge in [-0.2, -0.15) is 0 Å². The summed E-state index contributed by atoms with van der Waals surface area (Å²) >= 11 is 4.99. The molecule has 0 fully saturated rings. The van der Waals surface area contributed by atoms with E-state index < -0.39 is 8.32 Å². The Kier molecular flexibility index (Phi) is 4.97. The van der Waals surface area contributed by atoms with Crippen LogP contribution in [0.15, 0.2) is 0 Å². The fourth-order valence-corrected chi connectivity index (χ4v) is 4.34. The Morgan fingerprint density at radius 3 is 2.25 bits per heavy atom. The minimum atomic E-state index is -1.62. The number of hydrogen-bond acceptors (Lipinski definition) is 3. The van der Waals surface area contributed by atoms with Crippen molar-refractivity contribution >= 4 is 25.6 Å². The van der Waals surface area contributed by atoms with E-state index in [1.165, 1.54) is 0 Å². The van der Waals surface area contributed by atoms with Gasteiger partial charge in [-0.1, -0.05) is 0 Å². The molecule has 0 aromatic carbocycles. The highest BCUT2D eigenvalue weighted by Gasteiger charge is 2.25. The Morgan fingerprint density at radius 1 is 1.42 bits per heavy atom. The van der Waals surface area contributed by atoms with Crippen LogP contribution in [0.25, 0.3) is 0 Å². The lowest BCUT2D eigenvalue weighted by Gasteiger charge is -2.25. The van der Waals surface area contributed by atoms with Crippen molar-refractivity contribution in [3.63, 3.8) is 0 Å². The Bertz CT molecular complexity index is 157. The van der Waals surface area contributed by atoms with Crippen molar-refractivity contribution in [1.29, 1.82) is 0 Å². The molecule has 4 heteroatoms. The first kappa shape index (κ1) is 12.1. The normalized spacial score (nSPS) is 11.8. The molecule has 0 aliphatic carbocycles. The largest absolute Gasteiger partial charge is 0.490 e. The highest BCUT2D eigenvalue weighted by molar-refractivity contribution is 7.80. The molecule has 0 heterocycles. The molecule has 0 unspecified atom stereocenters. The predicted octanol–water partition coefficient (Wildman–Crippen LogP) is 2.59. The maximum Gasteiger partial charge on any atom is 0.195 e. The van der Waals surface area contributed by atoms with E-state index in [0.717, 1.165) is 6.04 Å². The Morgan fingerprint density at radius 2 is 1.92 bits per heavy atom. The van der Waals surface area contributed by atoms with Crippen LogP contribution in [-0.2, 0) is 9.16 Å². The quantitative estimate of drug-likeness (QED) is 0.520. The highest BCUT2D eigenvalue weighted by atomic mass is 32.1. The molecule has 0 bridgehead atoms. The second kappa shape index (κ2) is 4.94. The second-order valence-corrected chi connectivity index (χ2v) is 8.24. The SMILES string of the molecule is COC(=S)C[Si](C)(C)OC(C)C. The van der Waals surface area contributed by atoms with Crippen LogP contribution in [0, 0.1) is 0 Å². The average Bonchev–Trinajstić information content (AvgIpc) is 1.83. The van der Waals surface area contributed by atoms with Crippen LogP contribution in [0.5, 0.6) is 0 Å². The Balaban J connectivity index is 3.94. The zero-order valence-corrected chi connectivity index (χ0v) is 10.3. The molecule has 72 valence electrons. The molecule has 0 spiro atoms. The molecule has 0 N–H and O–H groups in total. The van der Waals surface area contributed by atoms with E-state index in [1.807, 2.05) is 13.8 Å². The van der Waals surface area contributed by atoms with Gasteiger partial charge in [-0.25, -0.2) is 0 Å². The Hall–Kier alpha value is 0.0669. The van der Waals surface area contributed by atoms with Crippen LogP contribution in [0.2, 0.25) is 19.1 Å². The molecular weight excluding hydrogens is 188 g/mol. The molecule has 0 saturated carbocycles. The van der Waals surface area contributed by atoms with Crippen LogP contribution in [0.4, 0.5) is 0 Å². The lowest BCUT2D eigenvalue weighted by Crippen LogP contribution is -2.35. The smallest absolute Gasteiger partial charge is 0.195 e. The zero-order valence-electron chi connectivity index (χ0n) is 8.51. The molecular formula is C8H18O2SSi. The minimum Gasteiger partial charge on any atom is -0.490 e. The van der Waals surface area contributed by atoms with E-state index in [2.05, 4.69) is 13.1 Å². The van der Waals surface area contributed by atoms with E-state index in [-0.39, 0.29) is 6.10 Å². The van der Waals surface area contributed by atoms with Gasteiger partial charge in [-0.15, -0.1) is 0 Å². The third-order valence-corrected chi connectivity index (χ3v) is 4.20. The Labute approximate surface area is 81.4 Å². The van der Waals surface area contributed by atoms with Crippen LogP contribution in [-0.4, -0.2) is 26.6 Å². The number of rotatable bonds is 4. The first-order valence-electron chi connectivity index (χ1n) is 4.12. The molecule has 0 radical (unpaired) electrons. The lowest BCUT2D eigenvalue weighted by atomic mass is 10.5. The lowest BCUT2D eigenvalue weighted by molar-refractivity contribution is 0.232. The van der Waals surface area contributed by atoms with Gasteiger partial charge in [0.1, 0.15) is 0 Å². The number of ether oxygens (including phenoxy) is 1. The minimum absolute atomic E-state index is 0.284. The number of methoxy groups -OCH3 is 1. The van der Waals surface area contributed by atoms with Gasteiger partial charge < -0.3 is 9.16 Å². The van der Waals surface area contributed by atoms with Gasteiger partial charge >= 0.3 is 0 Å². The molecule has 0 atom stereocenters. The standard InChI is InChI=1S/C8H18O2SSi/c1-7(2)10-12(4,5)6-8(11)9-3/h7H,6H2,1-5H3. The summed E-state index contributed by atoms with van der Waals surface area (Å²) in [5.74, 6) is 0. The molecule has 0 saturated heterocycles. The topological polar surface area (TPSA) is 18.5 Å². The molecule has 12 heavy (non-hydrogen) atoms. The zero-order chi connectivity index (χ0) is 9.78. The van der Waals surface area contributed by atoms with Crippen molar-refractivity contribution in [2.75, 3.05) is 7.11 Å². The second-order valence-electron chi connectivity index (χ2n) is 3.68. The van der Waals surface area contributed by atoms with Crippen molar-refractivity contribution in [3.05, 3.63) is 0 Å². The summed E-state index contributed by atoms with van der Waals surface area (Å²) in [7, 11) is -0.00337. The monoisotopic (exact) mass is 206 g/mol. The summed E-state index contributed by atoms with van der Waals surface area (Å²) in [5.41, 5.74) is 0. The highest BCUT2D eigenvalue weighted by Crippen LogP contribution is 2.14. The summed E-state index contributed by atoms with van der Waals surface area (Å²) in [6.07, 6.45) is 0.284. The molecule has 0 aliphatic rings. The van der Waals surface area contributed by atoms with Gasteiger partial charge in [0.15, 0.2) is 13.4 Å². The van der Waals surface area contributed by atoms with Crippen molar-refractivity contribution in [1.82, 2.24) is 0 Å². The summed E-state index contributed by atoms with van der Waals surface area (Å²) in [4.78, 5) is 0. The van der Waals surface area contributed by atoms with E-state index in [4.69, 9.17) is 21.4 Å². The number of hydrogen-bond donors (Lipinski definition) is 0. The van der Waals surface area contributed by atoms with Gasteiger partial charge in [0, 0.05) is 12.1 Å². The number of thiocarbonyl (C=S) groups is 1. The van der Waals surface area contributed by atoms with Crippen LogP contribution in [0.1, 0.15) is 13.8 Å². The van der Waals surface area contributed by atoms with E-state index in [1.54, 1.807) is 7.11 Å². The maximum absolute atomic E-state index is 5.78. The first-order valence-corrected chi connectivity index (χ1v) is 7.64.